The zero-order chi connectivity index (χ0) is 31.9. The Bertz CT molecular complexity index is 1340. The first-order chi connectivity index (χ1) is 20.9. The number of ketones is 1. The summed E-state index contributed by atoms with van der Waals surface area (Å²) in [5, 5.41) is 72.3. The molecule has 44 heavy (non-hydrogen) atoms. The van der Waals surface area contributed by atoms with Crippen molar-refractivity contribution in [2.45, 2.75) is 80.9 Å². The van der Waals surface area contributed by atoms with Gasteiger partial charge in [0.05, 0.1) is 33.4 Å². The first-order valence-corrected chi connectivity index (χ1v) is 13.9. The molecule has 3 heterocycles. The Kier molecular flexibility index (Phi) is 9.50. The summed E-state index contributed by atoms with van der Waals surface area (Å²) in [5.74, 6) is -0.00697. The minimum absolute atomic E-state index is 0.0000931. The van der Waals surface area contributed by atoms with Gasteiger partial charge in [-0.1, -0.05) is 6.07 Å². The van der Waals surface area contributed by atoms with Crippen LogP contribution in [0.5, 0.6) is 28.7 Å². The van der Waals surface area contributed by atoms with Gasteiger partial charge in [-0.05, 0) is 24.6 Å². The molecule has 0 spiro atoms. The molecule has 7 N–H and O–H groups in total. The molecule has 11 atom stereocenters. The van der Waals surface area contributed by atoms with Crippen molar-refractivity contribution in [3.8, 4) is 28.7 Å². The highest BCUT2D eigenvalue weighted by atomic mass is 16.7. The number of phenols is 1. The number of methoxy groups -OCH3 is 2. The molecule has 0 aromatic heterocycles. The summed E-state index contributed by atoms with van der Waals surface area (Å²) in [6, 6.07) is 7.50. The molecule has 3 aliphatic heterocycles. The zero-order valence-corrected chi connectivity index (χ0v) is 24.0. The largest absolute Gasteiger partial charge is 0.507 e. The average Bonchev–Trinajstić information content (AvgIpc) is 3.01. The van der Waals surface area contributed by atoms with Crippen LogP contribution in [0.2, 0.25) is 0 Å². The molecule has 0 amide bonds. The lowest BCUT2D eigenvalue weighted by Crippen LogP contribution is -2.61. The van der Waals surface area contributed by atoms with E-state index in [9.17, 15) is 40.5 Å². The van der Waals surface area contributed by atoms with Crippen LogP contribution in [0.25, 0.3) is 0 Å². The van der Waals surface area contributed by atoms with Crippen molar-refractivity contribution >= 4 is 5.78 Å². The molecule has 15 nitrogen and oxygen atoms in total. The van der Waals surface area contributed by atoms with Crippen LogP contribution in [0, 0.1) is 0 Å². The van der Waals surface area contributed by atoms with Gasteiger partial charge in [-0.2, -0.15) is 0 Å². The number of aromatic hydroxyl groups is 1. The number of benzene rings is 2. The molecule has 3 aliphatic rings. The van der Waals surface area contributed by atoms with Gasteiger partial charge < -0.3 is 68.9 Å². The SMILES string of the molecule is COc1ccc([C@@H]2CC(=O)c3c(O)cc(O[C@H]4O[C@@H](CO[C@@H]5O[C@H](C)[C@@H](O)[C@@H](O)[C@@H]5O)[C@H](O)[C@@H](O)[C@@H]4O)cc3O2)cc1OC. The Morgan fingerprint density at radius 1 is 0.818 bits per heavy atom. The summed E-state index contributed by atoms with van der Waals surface area (Å²) >= 11 is 0. The van der Waals surface area contributed by atoms with Crippen molar-refractivity contribution < 1.29 is 73.7 Å². The number of hydrogen-bond donors (Lipinski definition) is 7. The first kappa shape index (κ1) is 32.2. The van der Waals surface area contributed by atoms with E-state index < -0.39 is 79.9 Å². The standard InChI is InChI=1S/C29H36O15/c1-11-22(32)24(34)26(36)28(41-11)40-10-20-23(33)25(35)27(37)29(44-20)42-13-7-14(30)21-15(31)9-17(43-19(21)8-13)12-4-5-16(38-2)18(6-12)39-3/h4-8,11,17,20,22-30,32-37H,9-10H2,1-3H3/t11-,17+,20+,22-,23+,24-,25-,26+,27+,28-,29+/m1/s1. The average molecular weight is 625 g/mol. The van der Waals surface area contributed by atoms with Crippen molar-refractivity contribution in [3.05, 3.63) is 41.5 Å². The quantitative estimate of drug-likeness (QED) is 0.190. The van der Waals surface area contributed by atoms with E-state index in [1.165, 1.54) is 27.2 Å². The van der Waals surface area contributed by atoms with E-state index in [4.69, 9.17) is 33.2 Å². The molecule has 0 aliphatic carbocycles. The van der Waals surface area contributed by atoms with Gasteiger partial charge in [-0.15, -0.1) is 0 Å². The van der Waals surface area contributed by atoms with Crippen LogP contribution in [0.15, 0.2) is 30.3 Å². The fourth-order valence-corrected chi connectivity index (χ4v) is 5.35. The molecule has 5 rings (SSSR count). The topological polar surface area (TPSA) is 223 Å². The van der Waals surface area contributed by atoms with Gasteiger partial charge in [-0.25, -0.2) is 0 Å². The monoisotopic (exact) mass is 624 g/mol. The van der Waals surface area contributed by atoms with Crippen LogP contribution in [0.1, 0.15) is 35.4 Å². The van der Waals surface area contributed by atoms with E-state index in [0.717, 1.165) is 6.07 Å². The normalized spacial score (nSPS) is 35.4. The van der Waals surface area contributed by atoms with Crippen molar-refractivity contribution in [2.24, 2.45) is 0 Å². The number of ether oxygens (including phenoxy) is 7. The predicted octanol–water partition coefficient (Wildman–Crippen LogP) is -0.854. The third-order valence-corrected chi connectivity index (χ3v) is 7.91. The highest BCUT2D eigenvalue weighted by Crippen LogP contribution is 2.43. The van der Waals surface area contributed by atoms with Crippen LogP contribution in [0.4, 0.5) is 0 Å². The van der Waals surface area contributed by atoms with Crippen LogP contribution < -0.4 is 18.9 Å². The molecule has 2 fully saturated rings. The Labute approximate surface area is 251 Å². The molecule has 0 radical (unpaired) electrons. The van der Waals surface area contributed by atoms with E-state index in [0.29, 0.717) is 17.1 Å². The second kappa shape index (κ2) is 13.0. The number of carbonyl (C=O) groups excluding carboxylic acids is 1. The number of fused-ring (bicyclic) bond motifs is 1. The molecule has 2 aromatic rings. The number of aliphatic hydroxyl groups is 6. The zero-order valence-electron chi connectivity index (χ0n) is 24.0. The van der Waals surface area contributed by atoms with Crippen LogP contribution >= 0.6 is 0 Å². The summed E-state index contributed by atoms with van der Waals surface area (Å²) in [6.07, 6.45) is -15.7. The molecule has 0 bridgehead atoms. The van der Waals surface area contributed by atoms with E-state index in [1.54, 1.807) is 18.2 Å². The molecule has 2 saturated heterocycles. The molecular weight excluding hydrogens is 588 g/mol. The van der Waals surface area contributed by atoms with E-state index in [2.05, 4.69) is 0 Å². The van der Waals surface area contributed by atoms with Gasteiger partial charge in [0.15, 0.2) is 23.6 Å². The van der Waals surface area contributed by atoms with Gasteiger partial charge >= 0.3 is 0 Å². The Morgan fingerprint density at radius 2 is 1.50 bits per heavy atom. The lowest BCUT2D eigenvalue weighted by molar-refractivity contribution is -0.318. The molecule has 242 valence electrons. The second-order valence-electron chi connectivity index (χ2n) is 10.8. The maximum Gasteiger partial charge on any atom is 0.229 e. The third kappa shape index (κ3) is 6.15. The maximum absolute atomic E-state index is 13.0. The number of aliphatic hydroxyl groups excluding tert-OH is 6. The smallest absolute Gasteiger partial charge is 0.229 e. The predicted molar refractivity (Wildman–Crippen MR) is 146 cm³/mol. The minimum Gasteiger partial charge on any atom is -0.507 e. The Balaban J connectivity index is 1.31. The molecule has 0 saturated carbocycles. The van der Waals surface area contributed by atoms with Gasteiger partial charge in [0.25, 0.3) is 0 Å². The highest BCUT2D eigenvalue weighted by Gasteiger charge is 2.47. The van der Waals surface area contributed by atoms with Crippen LogP contribution in [-0.2, 0) is 14.2 Å². The summed E-state index contributed by atoms with van der Waals surface area (Å²) in [6.45, 7) is 0.982. The minimum atomic E-state index is -1.76. The second-order valence-corrected chi connectivity index (χ2v) is 10.8. The van der Waals surface area contributed by atoms with Gasteiger partial charge in [-0.3, -0.25) is 4.79 Å². The van der Waals surface area contributed by atoms with Crippen LogP contribution in [0.3, 0.4) is 0 Å². The number of phenolic OH excluding ortho intramolecular Hbond substituents is 1. The fraction of sp³-hybridized carbons (Fsp3) is 0.552. The Morgan fingerprint density at radius 3 is 2.20 bits per heavy atom. The highest BCUT2D eigenvalue weighted by molar-refractivity contribution is 6.02. The summed E-state index contributed by atoms with van der Waals surface area (Å²) in [7, 11) is 2.97. The molecule has 2 aromatic carbocycles. The first-order valence-electron chi connectivity index (χ1n) is 13.9. The number of rotatable bonds is 8. The third-order valence-electron chi connectivity index (χ3n) is 7.91. The number of hydrogen-bond acceptors (Lipinski definition) is 15. The number of carbonyl (C=O) groups is 1. The van der Waals surface area contributed by atoms with Gasteiger partial charge in [0.2, 0.25) is 6.29 Å². The lowest BCUT2D eigenvalue weighted by atomic mass is 9.95. The van der Waals surface area contributed by atoms with Gasteiger partial charge in [0.1, 0.15) is 71.6 Å². The molecular formula is C29H36O15. The van der Waals surface area contributed by atoms with E-state index >= 15 is 0 Å². The molecule has 15 heteroatoms. The summed E-state index contributed by atoms with van der Waals surface area (Å²) in [5.41, 5.74) is 0.551. The van der Waals surface area contributed by atoms with E-state index in [1.807, 2.05) is 0 Å². The fourth-order valence-electron chi connectivity index (χ4n) is 5.35. The van der Waals surface area contributed by atoms with Crippen molar-refractivity contribution in [1.82, 2.24) is 0 Å². The van der Waals surface area contributed by atoms with E-state index in [-0.39, 0.29) is 29.3 Å². The van der Waals surface area contributed by atoms with Crippen molar-refractivity contribution in [3.63, 3.8) is 0 Å². The van der Waals surface area contributed by atoms with Crippen molar-refractivity contribution in [2.75, 3.05) is 20.8 Å². The van der Waals surface area contributed by atoms with Crippen molar-refractivity contribution in [1.29, 1.82) is 0 Å². The molecule has 0 unspecified atom stereocenters. The lowest BCUT2D eigenvalue weighted by Gasteiger charge is -2.42. The number of Topliss-reactive ketones (excluding diaryl/α,β-unsaturated/α-hetero) is 1. The van der Waals surface area contributed by atoms with Crippen LogP contribution in [-0.4, -0.2) is 124 Å². The van der Waals surface area contributed by atoms with Gasteiger partial charge in [0, 0.05) is 12.1 Å². The summed E-state index contributed by atoms with van der Waals surface area (Å²) < 4.78 is 38.9. The maximum atomic E-state index is 13.0. The Hall–Kier alpha value is -3.25. The summed E-state index contributed by atoms with van der Waals surface area (Å²) in [4.78, 5) is 13.0.